The van der Waals surface area contributed by atoms with Gasteiger partial charge in [-0.15, -0.1) is 0 Å². The molecular weight excluding hydrogens is 204 g/mol. The second-order valence-electron chi connectivity index (χ2n) is 3.72. The Hall–Kier alpha value is -1.64. The van der Waals surface area contributed by atoms with Crippen molar-refractivity contribution < 1.29 is 14.3 Å². The average molecular weight is 220 g/mol. The molecule has 0 aliphatic rings. The molecule has 0 atom stereocenters. The molecule has 0 aliphatic carbocycles. The first-order chi connectivity index (χ1) is 7.54. The predicted octanol–water partition coefficient (Wildman–Crippen LogP) is 2.17. The van der Waals surface area contributed by atoms with Crippen LogP contribution in [-0.4, -0.2) is 17.7 Å². The lowest BCUT2D eigenvalue weighted by molar-refractivity contribution is -0.134. The zero-order chi connectivity index (χ0) is 12.1. The Morgan fingerprint density at radius 1 is 1.12 bits per heavy atom. The van der Waals surface area contributed by atoms with Crippen LogP contribution in [0.5, 0.6) is 5.75 Å². The van der Waals surface area contributed by atoms with Gasteiger partial charge in [0.2, 0.25) is 6.10 Å². The maximum atomic E-state index is 11.2. The van der Waals surface area contributed by atoms with Crippen LogP contribution in [0.1, 0.15) is 26.3 Å². The van der Waals surface area contributed by atoms with Crippen molar-refractivity contribution in [3.8, 4) is 5.75 Å². The summed E-state index contributed by atoms with van der Waals surface area (Å²) in [5, 5.41) is 0. The van der Waals surface area contributed by atoms with Gasteiger partial charge in [-0.25, -0.2) is 0 Å². The van der Waals surface area contributed by atoms with Gasteiger partial charge in [0.05, 0.1) is 0 Å². The molecule has 0 aromatic heterocycles. The van der Waals surface area contributed by atoms with Gasteiger partial charge >= 0.3 is 0 Å². The molecule has 0 fully saturated rings. The molecule has 0 N–H and O–H groups in total. The predicted molar refractivity (Wildman–Crippen MR) is 61.6 cm³/mol. The fourth-order valence-corrected chi connectivity index (χ4v) is 1.39. The highest BCUT2D eigenvalue weighted by molar-refractivity contribution is 6.03. The van der Waals surface area contributed by atoms with E-state index in [0.717, 1.165) is 6.42 Å². The van der Waals surface area contributed by atoms with E-state index in [1.807, 2.05) is 12.1 Å². The maximum Gasteiger partial charge on any atom is 0.214 e. The van der Waals surface area contributed by atoms with Crippen LogP contribution in [0.3, 0.4) is 0 Å². The molecule has 1 aromatic rings. The number of ether oxygens (including phenoxy) is 1. The third-order valence-corrected chi connectivity index (χ3v) is 2.32. The Morgan fingerprint density at radius 3 is 2.00 bits per heavy atom. The number of carbonyl (C=O) groups excluding carboxylic acids is 2. The summed E-state index contributed by atoms with van der Waals surface area (Å²) in [4.78, 5) is 22.3. The summed E-state index contributed by atoms with van der Waals surface area (Å²) < 4.78 is 5.34. The summed E-state index contributed by atoms with van der Waals surface area (Å²) >= 11 is 0. The molecule has 3 nitrogen and oxygen atoms in total. The van der Waals surface area contributed by atoms with Crippen molar-refractivity contribution in [2.45, 2.75) is 33.3 Å². The van der Waals surface area contributed by atoms with E-state index in [1.165, 1.54) is 19.4 Å². The first-order valence-corrected chi connectivity index (χ1v) is 5.31. The van der Waals surface area contributed by atoms with Crippen molar-refractivity contribution in [1.82, 2.24) is 0 Å². The van der Waals surface area contributed by atoms with Crippen LogP contribution in [0.25, 0.3) is 0 Å². The molecule has 1 aromatic carbocycles. The van der Waals surface area contributed by atoms with E-state index in [2.05, 4.69) is 6.92 Å². The molecule has 0 spiro atoms. The minimum Gasteiger partial charge on any atom is -0.475 e. The topological polar surface area (TPSA) is 43.4 Å². The average Bonchev–Trinajstić information content (AvgIpc) is 2.25. The third kappa shape index (κ3) is 3.19. The van der Waals surface area contributed by atoms with Gasteiger partial charge in [-0.2, -0.15) is 0 Å². The number of rotatable bonds is 5. The van der Waals surface area contributed by atoms with Crippen molar-refractivity contribution in [2.24, 2.45) is 0 Å². The molecule has 0 bridgehead atoms. The summed E-state index contributed by atoms with van der Waals surface area (Å²) in [6.45, 7) is 4.77. The Balaban J connectivity index is 2.77. The van der Waals surface area contributed by atoms with Crippen LogP contribution in [0.15, 0.2) is 24.3 Å². The van der Waals surface area contributed by atoms with E-state index < -0.39 is 6.10 Å². The largest absolute Gasteiger partial charge is 0.475 e. The molecule has 1 rings (SSSR count). The standard InChI is InChI=1S/C13H16O3/c1-4-11-5-7-12(8-6-11)16-13(9(2)14)10(3)15/h5-8,13H,4H2,1-3H3. The van der Waals surface area contributed by atoms with Gasteiger partial charge in [0.25, 0.3) is 0 Å². The quantitative estimate of drug-likeness (QED) is 0.714. The molecule has 0 radical (unpaired) electrons. The maximum absolute atomic E-state index is 11.2. The molecule has 3 heteroatoms. The smallest absolute Gasteiger partial charge is 0.214 e. The number of ketones is 2. The van der Waals surface area contributed by atoms with E-state index in [-0.39, 0.29) is 11.6 Å². The fraction of sp³-hybridized carbons (Fsp3) is 0.385. The van der Waals surface area contributed by atoms with E-state index in [1.54, 1.807) is 12.1 Å². The van der Waals surface area contributed by atoms with Gasteiger partial charge in [-0.05, 0) is 38.0 Å². The second kappa shape index (κ2) is 5.45. The van der Waals surface area contributed by atoms with Gasteiger partial charge in [0.1, 0.15) is 5.75 Å². The lowest BCUT2D eigenvalue weighted by atomic mass is 10.1. The highest BCUT2D eigenvalue weighted by Gasteiger charge is 2.21. The molecule has 0 unspecified atom stereocenters. The van der Waals surface area contributed by atoms with E-state index in [0.29, 0.717) is 5.75 Å². The van der Waals surface area contributed by atoms with Gasteiger partial charge in [0.15, 0.2) is 11.6 Å². The van der Waals surface area contributed by atoms with E-state index in [4.69, 9.17) is 4.74 Å². The van der Waals surface area contributed by atoms with Gasteiger partial charge in [0, 0.05) is 0 Å². The summed E-state index contributed by atoms with van der Waals surface area (Å²) in [7, 11) is 0. The number of carbonyl (C=O) groups is 2. The number of benzene rings is 1. The van der Waals surface area contributed by atoms with Gasteiger partial charge < -0.3 is 4.74 Å². The van der Waals surface area contributed by atoms with E-state index >= 15 is 0 Å². The second-order valence-corrected chi connectivity index (χ2v) is 3.72. The van der Waals surface area contributed by atoms with E-state index in [9.17, 15) is 9.59 Å². The van der Waals surface area contributed by atoms with Crippen molar-refractivity contribution in [3.05, 3.63) is 29.8 Å². The first-order valence-electron chi connectivity index (χ1n) is 5.31. The summed E-state index contributed by atoms with van der Waals surface area (Å²) in [5.74, 6) is 0.00624. The van der Waals surface area contributed by atoms with Crippen LogP contribution in [0.2, 0.25) is 0 Å². The summed E-state index contributed by atoms with van der Waals surface area (Å²) in [6, 6.07) is 7.40. The van der Waals surface area contributed by atoms with Crippen LogP contribution >= 0.6 is 0 Å². The number of aryl methyl sites for hydroxylation is 1. The first kappa shape index (κ1) is 12.4. The molecule has 16 heavy (non-hydrogen) atoms. The molecule has 0 heterocycles. The minimum absolute atomic E-state index is 0.271. The van der Waals surface area contributed by atoms with Crippen LogP contribution in [0.4, 0.5) is 0 Å². The number of Topliss-reactive ketones (excluding diaryl/α,β-unsaturated/α-hetero) is 2. The number of hydrogen-bond acceptors (Lipinski definition) is 3. The third-order valence-electron chi connectivity index (χ3n) is 2.32. The Kier molecular flexibility index (Phi) is 4.23. The molecule has 86 valence electrons. The fourth-order valence-electron chi connectivity index (χ4n) is 1.39. The highest BCUT2D eigenvalue weighted by Crippen LogP contribution is 2.14. The number of hydrogen-bond donors (Lipinski definition) is 0. The zero-order valence-electron chi connectivity index (χ0n) is 9.82. The minimum atomic E-state index is -0.979. The monoisotopic (exact) mass is 220 g/mol. The summed E-state index contributed by atoms with van der Waals surface area (Å²) in [5.41, 5.74) is 1.19. The Bertz CT molecular complexity index is 365. The SMILES string of the molecule is CCc1ccc(OC(C(C)=O)C(C)=O)cc1. The Morgan fingerprint density at radius 2 is 1.62 bits per heavy atom. The van der Waals surface area contributed by atoms with Crippen LogP contribution in [-0.2, 0) is 16.0 Å². The van der Waals surface area contributed by atoms with Gasteiger partial charge in [-0.3, -0.25) is 9.59 Å². The Labute approximate surface area is 95.4 Å². The molecule has 0 saturated heterocycles. The van der Waals surface area contributed by atoms with Crippen LogP contribution < -0.4 is 4.74 Å². The molecule has 0 amide bonds. The van der Waals surface area contributed by atoms with Gasteiger partial charge in [-0.1, -0.05) is 19.1 Å². The van der Waals surface area contributed by atoms with Crippen LogP contribution in [0, 0.1) is 0 Å². The molecular formula is C13H16O3. The normalized spacial score (nSPS) is 10.2. The van der Waals surface area contributed by atoms with Crippen molar-refractivity contribution in [2.75, 3.05) is 0 Å². The lowest BCUT2D eigenvalue weighted by Crippen LogP contribution is -2.32. The van der Waals surface area contributed by atoms with Crippen molar-refractivity contribution in [1.29, 1.82) is 0 Å². The summed E-state index contributed by atoms with van der Waals surface area (Å²) in [6.07, 6.45) is -0.0316. The molecule has 0 saturated carbocycles. The van der Waals surface area contributed by atoms with Crippen molar-refractivity contribution in [3.63, 3.8) is 0 Å². The highest BCUT2D eigenvalue weighted by atomic mass is 16.5. The van der Waals surface area contributed by atoms with Crippen molar-refractivity contribution >= 4 is 11.6 Å². The lowest BCUT2D eigenvalue weighted by Gasteiger charge is -2.13. The molecule has 0 aliphatic heterocycles. The zero-order valence-corrected chi connectivity index (χ0v) is 9.82.